The average molecular weight is 488 g/mol. The SMILES string of the molecule is CCNC(=NCc1cccc(CN2CCOCC2)c1)NCCCC(C)C.I. The van der Waals surface area contributed by atoms with Gasteiger partial charge in [-0.3, -0.25) is 4.90 Å². The van der Waals surface area contributed by atoms with Gasteiger partial charge in [-0.05, 0) is 36.8 Å². The predicted molar refractivity (Wildman–Crippen MR) is 125 cm³/mol. The van der Waals surface area contributed by atoms with Gasteiger partial charge in [0.15, 0.2) is 5.96 Å². The lowest BCUT2D eigenvalue weighted by Gasteiger charge is -2.26. The molecule has 0 radical (unpaired) electrons. The summed E-state index contributed by atoms with van der Waals surface area (Å²) in [5.41, 5.74) is 2.62. The lowest BCUT2D eigenvalue weighted by molar-refractivity contribution is 0.0342. The van der Waals surface area contributed by atoms with Crippen LogP contribution in [0.5, 0.6) is 0 Å². The topological polar surface area (TPSA) is 48.9 Å². The van der Waals surface area contributed by atoms with Crippen molar-refractivity contribution in [2.75, 3.05) is 39.4 Å². The monoisotopic (exact) mass is 488 g/mol. The normalized spacial score (nSPS) is 15.5. The van der Waals surface area contributed by atoms with E-state index in [0.29, 0.717) is 6.54 Å². The van der Waals surface area contributed by atoms with Crippen LogP contribution in [-0.4, -0.2) is 50.3 Å². The number of nitrogens with one attached hydrogen (secondary N) is 2. The molecule has 0 spiro atoms. The second-order valence-corrected chi connectivity index (χ2v) is 7.37. The van der Waals surface area contributed by atoms with Crippen LogP contribution in [0.25, 0.3) is 0 Å². The molecule has 1 aliphatic rings. The molecule has 1 fully saturated rings. The molecule has 0 aliphatic carbocycles. The first-order valence-corrected chi connectivity index (χ1v) is 10.1. The van der Waals surface area contributed by atoms with E-state index in [4.69, 9.17) is 9.73 Å². The van der Waals surface area contributed by atoms with Gasteiger partial charge in [0.05, 0.1) is 19.8 Å². The summed E-state index contributed by atoms with van der Waals surface area (Å²) in [7, 11) is 0. The van der Waals surface area contributed by atoms with Gasteiger partial charge in [-0.2, -0.15) is 0 Å². The molecule has 154 valence electrons. The zero-order valence-electron chi connectivity index (χ0n) is 17.2. The van der Waals surface area contributed by atoms with Crippen LogP contribution in [-0.2, 0) is 17.8 Å². The van der Waals surface area contributed by atoms with Gasteiger partial charge in [-0.1, -0.05) is 38.1 Å². The van der Waals surface area contributed by atoms with Gasteiger partial charge in [0.1, 0.15) is 0 Å². The number of hydrogen-bond donors (Lipinski definition) is 2. The number of guanidine groups is 1. The Hall–Kier alpha value is -0.860. The molecular weight excluding hydrogens is 451 g/mol. The van der Waals surface area contributed by atoms with Crippen molar-refractivity contribution in [3.8, 4) is 0 Å². The van der Waals surface area contributed by atoms with Gasteiger partial charge in [0.2, 0.25) is 0 Å². The third-order valence-corrected chi connectivity index (χ3v) is 4.52. The van der Waals surface area contributed by atoms with Crippen molar-refractivity contribution in [1.82, 2.24) is 15.5 Å². The van der Waals surface area contributed by atoms with E-state index in [1.54, 1.807) is 0 Å². The molecule has 1 aliphatic heterocycles. The molecule has 1 aromatic rings. The van der Waals surface area contributed by atoms with E-state index >= 15 is 0 Å². The van der Waals surface area contributed by atoms with Crippen molar-refractivity contribution in [3.63, 3.8) is 0 Å². The van der Waals surface area contributed by atoms with Crippen molar-refractivity contribution in [2.45, 2.75) is 46.7 Å². The van der Waals surface area contributed by atoms with E-state index in [0.717, 1.165) is 57.8 Å². The first-order valence-electron chi connectivity index (χ1n) is 10.1. The molecule has 0 atom stereocenters. The Morgan fingerprint density at radius 3 is 2.63 bits per heavy atom. The van der Waals surface area contributed by atoms with Crippen LogP contribution in [0.15, 0.2) is 29.3 Å². The van der Waals surface area contributed by atoms with Gasteiger partial charge >= 0.3 is 0 Å². The maximum absolute atomic E-state index is 5.43. The van der Waals surface area contributed by atoms with Gasteiger partial charge < -0.3 is 15.4 Å². The third-order valence-electron chi connectivity index (χ3n) is 4.52. The summed E-state index contributed by atoms with van der Waals surface area (Å²) in [5.74, 6) is 1.67. The lowest BCUT2D eigenvalue weighted by atomic mass is 10.1. The fourth-order valence-electron chi connectivity index (χ4n) is 3.07. The molecule has 5 nitrogen and oxygen atoms in total. The summed E-state index contributed by atoms with van der Waals surface area (Å²) >= 11 is 0. The Morgan fingerprint density at radius 1 is 1.19 bits per heavy atom. The molecule has 2 rings (SSSR count). The van der Waals surface area contributed by atoms with E-state index in [-0.39, 0.29) is 24.0 Å². The van der Waals surface area contributed by atoms with Gasteiger partial charge in [0.25, 0.3) is 0 Å². The van der Waals surface area contributed by atoms with Crippen LogP contribution >= 0.6 is 24.0 Å². The first kappa shape index (κ1) is 24.2. The number of rotatable bonds is 9. The van der Waals surface area contributed by atoms with Gasteiger partial charge in [-0.15, -0.1) is 24.0 Å². The van der Waals surface area contributed by atoms with Crippen molar-refractivity contribution in [1.29, 1.82) is 0 Å². The van der Waals surface area contributed by atoms with E-state index in [1.807, 2.05) is 0 Å². The molecule has 6 heteroatoms. The van der Waals surface area contributed by atoms with Crippen molar-refractivity contribution in [3.05, 3.63) is 35.4 Å². The predicted octanol–water partition coefficient (Wildman–Crippen LogP) is 3.63. The Balaban J connectivity index is 0.00000364. The molecule has 0 unspecified atom stereocenters. The summed E-state index contributed by atoms with van der Waals surface area (Å²) in [6, 6.07) is 8.79. The molecule has 0 saturated carbocycles. The van der Waals surface area contributed by atoms with E-state index in [2.05, 4.69) is 60.6 Å². The number of hydrogen-bond acceptors (Lipinski definition) is 3. The number of halogens is 1. The van der Waals surface area contributed by atoms with Crippen LogP contribution in [0, 0.1) is 5.92 Å². The maximum Gasteiger partial charge on any atom is 0.191 e. The molecule has 1 saturated heterocycles. The Bertz CT molecular complexity index is 545. The van der Waals surface area contributed by atoms with Crippen LogP contribution in [0.1, 0.15) is 44.7 Å². The van der Waals surface area contributed by atoms with Gasteiger partial charge in [0, 0.05) is 32.7 Å². The minimum atomic E-state index is 0. The Labute approximate surface area is 182 Å². The molecule has 1 aromatic carbocycles. The highest BCUT2D eigenvalue weighted by Crippen LogP contribution is 2.11. The molecule has 0 aromatic heterocycles. The highest BCUT2D eigenvalue weighted by Gasteiger charge is 2.10. The standard InChI is InChI=1S/C21H36N4O.HI/c1-4-22-21(23-10-6-7-18(2)3)24-16-19-8-5-9-20(15-19)17-25-11-13-26-14-12-25;/h5,8-9,15,18H,4,6-7,10-14,16-17H2,1-3H3,(H2,22,23,24);1H. The van der Waals surface area contributed by atoms with Crippen LogP contribution in [0.4, 0.5) is 0 Å². The highest BCUT2D eigenvalue weighted by molar-refractivity contribution is 14.0. The minimum Gasteiger partial charge on any atom is -0.379 e. The average Bonchev–Trinajstić information content (AvgIpc) is 2.64. The fraction of sp³-hybridized carbons (Fsp3) is 0.667. The summed E-state index contributed by atoms with van der Waals surface area (Å²) in [4.78, 5) is 7.20. The summed E-state index contributed by atoms with van der Waals surface area (Å²) in [6.07, 6.45) is 2.42. The lowest BCUT2D eigenvalue weighted by Crippen LogP contribution is -2.37. The second kappa shape index (κ2) is 14.2. The molecule has 27 heavy (non-hydrogen) atoms. The quantitative estimate of drug-likeness (QED) is 0.241. The van der Waals surface area contributed by atoms with E-state index < -0.39 is 0 Å². The minimum absolute atomic E-state index is 0. The Morgan fingerprint density at radius 2 is 1.93 bits per heavy atom. The molecular formula is C21H37IN4O. The van der Waals surface area contributed by atoms with Crippen LogP contribution < -0.4 is 10.6 Å². The zero-order valence-corrected chi connectivity index (χ0v) is 19.5. The summed E-state index contributed by atoms with van der Waals surface area (Å²) in [6.45, 7) is 13.9. The van der Waals surface area contributed by atoms with Gasteiger partial charge in [-0.25, -0.2) is 4.99 Å². The van der Waals surface area contributed by atoms with Crippen molar-refractivity contribution in [2.24, 2.45) is 10.9 Å². The molecule has 0 amide bonds. The molecule has 1 heterocycles. The first-order chi connectivity index (χ1) is 12.7. The van der Waals surface area contributed by atoms with Crippen LogP contribution in [0.3, 0.4) is 0 Å². The molecule has 2 N–H and O–H groups in total. The number of nitrogens with zero attached hydrogens (tertiary/aromatic N) is 2. The van der Waals surface area contributed by atoms with Crippen molar-refractivity contribution >= 4 is 29.9 Å². The van der Waals surface area contributed by atoms with E-state index in [1.165, 1.54) is 24.0 Å². The summed E-state index contributed by atoms with van der Waals surface area (Å²) < 4.78 is 5.43. The third kappa shape index (κ3) is 10.3. The van der Waals surface area contributed by atoms with Crippen molar-refractivity contribution < 1.29 is 4.74 Å². The maximum atomic E-state index is 5.43. The highest BCUT2D eigenvalue weighted by atomic mass is 127. The largest absolute Gasteiger partial charge is 0.379 e. The van der Waals surface area contributed by atoms with E-state index in [9.17, 15) is 0 Å². The van der Waals surface area contributed by atoms with Crippen LogP contribution in [0.2, 0.25) is 0 Å². The number of benzene rings is 1. The second-order valence-electron chi connectivity index (χ2n) is 7.37. The summed E-state index contributed by atoms with van der Waals surface area (Å²) in [5, 5.41) is 6.78. The zero-order chi connectivity index (χ0) is 18.6. The smallest absolute Gasteiger partial charge is 0.191 e. The number of ether oxygens (including phenoxy) is 1. The number of morpholine rings is 1. The number of aliphatic imine (C=N–C) groups is 1. The fourth-order valence-corrected chi connectivity index (χ4v) is 3.07. The molecule has 0 bridgehead atoms. The Kier molecular flexibility index (Phi) is 12.7.